The number of aromatic nitrogens is 1. The third-order valence-corrected chi connectivity index (χ3v) is 3.59. The van der Waals surface area contributed by atoms with Gasteiger partial charge in [0.15, 0.2) is 0 Å². The Morgan fingerprint density at radius 1 is 1.38 bits per heavy atom. The number of nitrogens with one attached hydrogen (secondary N) is 1. The molecule has 0 unspecified atom stereocenters. The van der Waals surface area contributed by atoms with Crippen molar-refractivity contribution in [2.24, 2.45) is 0 Å². The number of methoxy groups -OCH3 is 1. The summed E-state index contributed by atoms with van der Waals surface area (Å²) in [7, 11) is 1.54. The molecule has 0 aliphatic carbocycles. The Bertz CT molecular complexity index is 637. The second kappa shape index (κ2) is 6.65. The van der Waals surface area contributed by atoms with Crippen LogP contribution in [0.25, 0.3) is 0 Å². The number of rotatable bonds is 4. The zero-order valence-corrected chi connectivity index (χ0v) is 12.7. The predicted octanol–water partition coefficient (Wildman–Crippen LogP) is 2.91. The SMILES string of the molecule is COc1ccc(CNC(=O)c2cc(N)c(Cl)c(Cl)c2)cn1. The maximum absolute atomic E-state index is 12.0. The largest absolute Gasteiger partial charge is 0.481 e. The van der Waals surface area contributed by atoms with Gasteiger partial charge in [-0.3, -0.25) is 4.79 Å². The van der Waals surface area contributed by atoms with Crippen molar-refractivity contribution < 1.29 is 9.53 Å². The minimum Gasteiger partial charge on any atom is -0.481 e. The van der Waals surface area contributed by atoms with Crippen LogP contribution in [0.3, 0.4) is 0 Å². The normalized spacial score (nSPS) is 10.2. The van der Waals surface area contributed by atoms with E-state index in [0.29, 0.717) is 18.0 Å². The van der Waals surface area contributed by atoms with Gasteiger partial charge >= 0.3 is 0 Å². The molecule has 0 atom stereocenters. The molecule has 0 aliphatic heterocycles. The zero-order valence-electron chi connectivity index (χ0n) is 11.2. The van der Waals surface area contributed by atoms with E-state index in [2.05, 4.69) is 10.3 Å². The van der Waals surface area contributed by atoms with Gasteiger partial charge in [0.1, 0.15) is 0 Å². The van der Waals surface area contributed by atoms with Crippen molar-refractivity contribution in [3.8, 4) is 5.88 Å². The number of benzene rings is 1. The van der Waals surface area contributed by atoms with Gasteiger partial charge < -0.3 is 15.8 Å². The Labute approximate surface area is 132 Å². The molecule has 1 amide bonds. The van der Waals surface area contributed by atoms with Crippen LogP contribution in [0.1, 0.15) is 15.9 Å². The van der Waals surface area contributed by atoms with Crippen molar-refractivity contribution in [3.63, 3.8) is 0 Å². The van der Waals surface area contributed by atoms with Gasteiger partial charge in [0.05, 0.1) is 22.8 Å². The molecule has 1 aromatic heterocycles. The molecular weight excluding hydrogens is 313 g/mol. The standard InChI is InChI=1S/C14H13Cl2N3O2/c1-21-12-3-2-8(6-18-12)7-19-14(20)9-4-10(15)13(16)11(17)5-9/h2-6H,7,17H2,1H3,(H,19,20). The predicted molar refractivity (Wildman–Crippen MR) is 82.8 cm³/mol. The number of nitrogens with zero attached hydrogens (tertiary/aromatic N) is 1. The van der Waals surface area contributed by atoms with Crippen molar-refractivity contribution in [1.82, 2.24) is 10.3 Å². The molecule has 110 valence electrons. The van der Waals surface area contributed by atoms with Crippen LogP contribution in [0.2, 0.25) is 10.0 Å². The van der Waals surface area contributed by atoms with E-state index in [1.54, 1.807) is 19.4 Å². The smallest absolute Gasteiger partial charge is 0.251 e. The minimum atomic E-state index is -0.295. The summed E-state index contributed by atoms with van der Waals surface area (Å²) in [6, 6.07) is 6.49. The Kier molecular flexibility index (Phi) is 4.88. The number of carbonyl (C=O) groups is 1. The van der Waals surface area contributed by atoms with Crippen LogP contribution in [-0.2, 0) is 6.54 Å². The molecule has 0 saturated heterocycles. The number of hydrogen-bond donors (Lipinski definition) is 2. The molecule has 2 aromatic rings. The van der Waals surface area contributed by atoms with Crippen LogP contribution >= 0.6 is 23.2 Å². The van der Waals surface area contributed by atoms with E-state index >= 15 is 0 Å². The van der Waals surface area contributed by atoms with E-state index in [9.17, 15) is 4.79 Å². The number of ether oxygens (including phenoxy) is 1. The summed E-state index contributed by atoms with van der Waals surface area (Å²) < 4.78 is 4.96. The second-order valence-electron chi connectivity index (χ2n) is 4.25. The average Bonchev–Trinajstić information content (AvgIpc) is 2.50. The van der Waals surface area contributed by atoms with Crippen LogP contribution < -0.4 is 15.8 Å². The molecule has 21 heavy (non-hydrogen) atoms. The molecule has 0 aliphatic rings. The van der Waals surface area contributed by atoms with Crippen molar-refractivity contribution in [1.29, 1.82) is 0 Å². The highest BCUT2D eigenvalue weighted by Crippen LogP contribution is 2.29. The molecule has 0 bridgehead atoms. The highest BCUT2D eigenvalue weighted by Gasteiger charge is 2.11. The summed E-state index contributed by atoms with van der Waals surface area (Å²) in [5.74, 6) is 0.221. The van der Waals surface area contributed by atoms with Gasteiger partial charge in [0.25, 0.3) is 5.91 Å². The summed E-state index contributed by atoms with van der Waals surface area (Å²) >= 11 is 11.7. The maximum atomic E-state index is 12.0. The Hall–Kier alpha value is -1.98. The molecule has 0 saturated carbocycles. The molecule has 0 fully saturated rings. The first-order valence-electron chi connectivity index (χ1n) is 6.03. The fourth-order valence-corrected chi connectivity index (χ4v) is 2.00. The lowest BCUT2D eigenvalue weighted by molar-refractivity contribution is 0.0951. The lowest BCUT2D eigenvalue weighted by Crippen LogP contribution is -2.23. The van der Waals surface area contributed by atoms with Gasteiger partial charge in [-0.15, -0.1) is 0 Å². The third-order valence-electron chi connectivity index (χ3n) is 2.78. The topological polar surface area (TPSA) is 77.2 Å². The van der Waals surface area contributed by atoms with E-state index in [0.717, 1.165) is 5.56 Å². The summed E-state index contributed by atoms with van der Waals surface area (Å²) in [6.45, 7) is 0.329. The molecule has 7 heteroatoms. The number of hydrogen-bond acceptors (Lipinski definition) is 4. The monoisotopic (exact) mass is 325 g/mol. The van der Waals surface area contributed by atoms with Gasteiger partial charge in [0, 0.05) is 24.4 Å². The van der Waals surface area contributed by atoms with Gasteiger partial charge in [-0.05, 0) is 17.7 Å². The number of pyridine rings is 1. The van der Waals surface area contributed by atoms with Gasteiger partial charge in [-0.25, -0.2) is 4.98 Å². The zero-order chi connectivity index (χ0) is 15.4. The molecule has 2 rings (SSSR count). The lowest BCUT2D eigenvalue weighted by atomic mass is 10.2. The summed E-state index contributed by atoms with van der Waals surface area (Å²) in [4.78, 5) is 16.1. The molecule has 1 aromatic carbocycles. The molecule has 1 heterocycles. The van der Waals surface area contributed by atoms with Crippen molar-refractivity contribution >= 4 is 34.8 Å². The number of amides is 1. The van der Waals surface area contributed by atoms with Crippen molar-refractivity contribution in [3.05, 3.63) is 51.6 Å². The van der Waals surface area contributed by atoms with Gasteiger partial charge in [-0.1, -0.05) is 29.3 Å². The molecular formula is C14H13Cl2N3O2. The summed E-state index contributed by atoms with van der Waals surface area (Å²) in [5, 5.41) is 3.24. The molecule has 0 spiro atoms. The Morgan fingerprint density at radius 3 is 2.71 bits per heavy atom. The lowest BCUT2D eigenvalue weighted by Gasteiger charge is -2.08. The fourth-order valence-electron chi connectivity index (χ4n) is 1.66. The van der Waals surface area contributed by atoms with E-state index in [4.69, 9.17) is 33.7 Å². The van der Waals surface area contributed by atoms with Crippen molar-refractivity contribution in [2.75, 3.05) is 12.8 Å². The Balaban J connectivity index is 2.04. The third kappa shape index (κ3) is 3.77. The second-order valence-corrected chi connectivity index (χ2v) is 5.04. The fraction of sp³-hybridized carbons (Fsp3) is 0.143. The Morgan fingerprint density at radius 2 is 2.14 bits per heavy atom. The molecule has 0 radical (unpaired) electrons. The average molecular weight is 326 g/mol. The maximum Gasteiger partial charge on any atom is 0.251 e. The molecule has 3 N–H and O–H groups in total. The van der Waals surface area contributed by atoms with E-state index in [-0.39, 0.29) is 21.6 Å². The minimum absolute atomic E-state index is 0.243. The first kappa shape index (κ1) is 15.4. The van der Waals surface area contributed by atoms with Gasteiger partial charge in [-0.2, -0.15) is 0 Å². The summed E-state index contributed by atoms with van der Waals surface area (Å²) in [6.07, 6.45) is 1.63. The first-order valence-corrected chi connectivity index (χ1v) is 6.78. The number of halogens is 2. The highest BCUT2D eigenvalue weighted by molar-refractivity contribution is 6.43. The van der Waals surface area contributed by atoms with Crippen LogP contribution in [0.4, 0.5) is 5.69 Å². The van der Waals surface area contributed by atoms with E-state index < -0.39 is 0 Å². The quantitative estimate of drug-likeness (QED) is 0.847. The number of nitrogen functional groups attached to an aromatic ring is 1. The summed E-state index contributed by atoms with van der Waals surface area (Å²) in [5.41, 5.74) is 7.14. The van der Waals surface area contributed by atoms with Crippen LogP contribution in [0, 0.1) is 0 Å². The van der Waals surface area contributed by atoms with Crippen molar-refractivity contribution in [2.45, 2.75) is 6.54 Å². The number of carbonyl (C=O) groups excluding carboxylic acids is 1. The number of nitrogens with two attached hydrogens (primary N) is 1. The molecule has 5 nitrogen and oxygen atoms in total. The highest BCUT2D eigenvalue weighted by atomic mass is 35.5. The van der Waals surface area contributed by atoms with Crippen LogP contribution in [0.15, 0.2) is 30.5 Å². The van der Waals surface area contributed by atoms with E-state index in [1.165, 1.54) is 12.1 Å². The van der Waals surface area contributed by atoms with E-state index in [1.807, 2.05) is 6.07 Å². The van der Waals surface area contributed by atoms with Crippen LogP contribution in [-0.4, -0.2) is 18.0 Å². The first-order chi connectivity index (χ1) is 10.0. The number of anilines is 1. The van der Waals surface area contributed by atoms with Gasteiger partial charge in [0.2, 0.25) is 5.88 Å². The van der Waals surface area contributed by atoms with Crippen LogP contribution in [0.5, 0.6) is 5.88 Å².